The maximum Gasteiger partial charge on any atom is 0.128 e. The number of aryl methyl sites for hydroxylation is 2. The van der Waals surface area contributed by atoms with Crippen LogP contribution in [0.3, 0.4) is 0 Å². The standard InChI is InChI=1S/C12H15FN2/c1-7(2)11-9-5-6-10(13)8(3)12(9)15(4)14-11/h5-7H,1-4H3. The van der Waals surface area contributed by atoms with Crippen LogP contribution in [0.25, 0.3) is 10.9 Å². The van der Waals surface area contributed by atoms with Crippen molar-refractivity contribution in [2.45, 2.75) is 26.7 Å². The Bertz CT molecular complexity index is 512. The molecule has 0 N–H and O–H groups in total. The molecule has 0 aliphatic rings. The molecule has 0 saturated heterocycles. The summed E-state index contributed by atoms with van der Waals surface area (Å²) in [6, 6.07) is 3.34. The minimum atomic E-state index is -0.166. The van der Waals surface area contributed by atoms with E-state index in [9.17, 15) is 4.39 Å². The van der Waals surface area contributed by atoms with Crippen molar-refractivity contribution in [1.82, 2.24) is 9.78 Å². The van der Waals surface area contributed by atoms with E-state index in [1.165, 1.54) is 6.07 Å². The highest BCUT2D eigenvalue weighted by molar-refractivity contribution is 5.85. The van der Waals surface area contributed by atoms with E-state index in [1.54, 1.807) is 11.6 Å². The van der Waals surface area contributed by atoms with Crippen molar-refractivity contribution in [3.8, 4) is 0 Å². The van der Waals surface area contributed by atoms with Gasteiger partial charge in [-0.2, -0.15) is 5.10 Å². The van der Waals surface area contributed by atoms with Crippen molar-refractivity contribution >= 4 is 10.9 Å². The van der Waals surface area contributed by atoms with E-state index in [4.69, 9.17) is 0 Å². The number of hydrogen-bond acceptors (Lipinski definition) is 1. The maximum absolute atomic E-state index is 13.4. The van der Waals surface area contributed by atoms with Gasteiger partial charge in [-0.05, 0) is 25.0 Å². The largest absolute Gasteiger partial charge is 0.267 e. The Hall–Kier alpha value is -1.38. The van der Waals surface area contributed by atoms with Crippen LogP contribution in [-0.2, 0) is 7.05 Å². The zero-order valence-corrected chi connectivity index (χ0v) is 9.50. The van der Waals surface area contributed by atoms with Gasteiger partial charge in [0, 0.05) is 18.0 Å². The molecule has 2 rings (SSSR count). The molecule has 2 aromatic rings. The van der Waals surface area contributed by atoms with Gasteiger partial charge in [-0.25, -0.2) is 4.39 Å². The molecule has 2 nitrogen and oxygen atoms in total. The predicted molar refractivity (Wildman–Crippen MR) is 59.5 cm³/mol. The first-order valence-corrected chi connectivity index (χ1v) is 5.14. The molecule has 0 saturated carbocycles. The Morgan fingerprint density at radius 3 is 2.60 bits per heavy atom. The van der Waals surface area contributed by atoms with Crippen LogP contribution in [-0.4, -0.2) is 9.78 Å². The number of rotatable bonds is 1. The molecule has 0 amide bonds. The van der Waals surface area contributed by atoms with Crippen molar-refractivity contribution in [1.29, 1.82) is 0 Å². The average Bonchev–Trinajstić information content (AvgIpc) is 2.50. The Morgan fingerprint density at radius 2 is 2.00 bits per heavy atom. The third kappa shape index (κ3) is 1.42. The fraction of sp³-hybridized carbons (Fsp3) is 0.417. The monoisotopic (exact) mass is 206 g/mol. The van der Waals surface area contributed by atoms with Gasteiger partial charge >= 0.3 is 0 Å². The zero-order chi connectivity index (χ0) is 11.2. The van der Waals surface area contributed by atoms with Crippen LogP contribution in [0.15, 0.2) is 12.1 Å². The molecule has 15 heavy (non-hydrogen) atoms. The number of nitrogens with zero attached hydrogens (tertiary/aromatic N) is 2. The fourth-order valence-electron chi connectivity index (χ4n) is 1.99. The minimum Gasteiger partial charge on any atom is -0.267 e. The third-order valence-electron chi connectivity index (χ3n) is 2.77. The van der Waals surface area contributed by atoms with Gasteiger partial charge in [0.25, 0.3) is 0 Å². The second kappa shape index (κ2) is 3.33. The summed E-state index contributed by atoms with van der Waals surface area (Å²) in [7, 11) is 1.86. The van der Waals surface area contributed by atoms with Crippen LogP contribution in [0, 0.1) is 12.7 Å². The van der Waals surface area contributed by atoms with Crippen LogP contribution in [0.1, 0.15) is 31.0 Å². The zero-order valence-electron chi connectivity index (χ0n) is 9.50. The lowest BCUT2D eigenvalue weighted by molar-refractivity contribution is 0.619. The average molecular weight is 206 g/mol. The predicted octanol–water partition coefficient (Wildman–Crippen LogP) is 3.14. The summed E-state index contributed by atoms with van der Waals surface area (Å²) in [5, 5.41) is 5.50. The molecule has 0 aliphatic carbocycles. The first-order chi connectivity index (χ1) is 7.02. The lowest BCUT2D eigenvalue weighted by Gasteiger charge is -2.01. The van der Waals surface area contributed by atoms with Gasteiger partial charge in [0.05, 0.1) is 11.2 Å². The van der Waals surface area contributed by atoms with Crippen molar-refractivity contribution in [2.75, 3.05) is 0 Å². The third-order valence-corrected chi connectivity index (χ3v) is 2.77. The summed E-state index contributed by atoms with van der Waals surface area (Å²) >= 11 is 0. The smallest absolute Gasteiger partial charge is 0.128 e. The molecular formula is C12H15FN2. The summed E-state index contributed by atoms with van der Waals surface area (Å²) in [6.45, 7) is 5.99. The molecule has 0 unspecified atom stereocenters. The molecule has 0 spiro atoms. The van der Waals surface area contributed by atoms with Gasteiger partial charge in [-0.3, -0.25) is 4.68 Å². The quantitative estimate of drug-likeness (QED) is 0.700. The molecule has 1 aromatic carbocycles. The van der Waals surface area contributed by atoms with E-state index in [1.807, 2.05) is 13.1 Å². The molecule has 3 heteroatoms. The number of hydrogen-bond donors (Lipinski definition) is 0. The number of aromatic nitrogens is 2. The molecule has 80 valence electrons. The summed E-state index contributed by atoms with van der Waals surface area (Å²) in [5.74, 6) is 0.194. The van der Waals surface area contributed by atoms with E-state index in [0.29, 0.717) is 11.5 Å². The van der Waals surface area contributed by atoms with Gasteiger partial charge in [-0.1, -0.05) is 13.8 Å². The topological polar surface area (TPSA) is 17.8 Å². The highest BCUT2D eigenvalue weighted by atomic mass is 19.1. The SMILES string of the molecule is Cc1c(F)ccc2c(C(C)C)nn(C)c12. The summed E-state index contributed by atoms with van der Waals surface area (Å²) in [6.07, 6.45) is 0. The van der Waals surface area contributed by atoms with Gasteiger partial charge < -0.3 is 0 Å². The van der Waals surface area contributed by atoms with Crippen molar-refractivity contribution in [3.05, 3.63) is 29.2 Å². The molecule has 0 bridgehead atoms. The van der Waals surface area contributed by atoms with Gasteiger partial charge in [0.1, 0.15) is 5.82 Å². The van der Waals surface area contributed by atoms with Gasteiger partial charge in [0.15, 0.2) is 0 Å². The van der Waals surface area contributed by atoms with Crippen LogP contribution >= 0.6 is 0 Å². The summed E-state index contributed by atoms with van der Waals surface area (Å²) in [5.41, 5.74) is 2.61. The Morgan fingerprint density at radius 1 is 1.33 bits per heavy atom. The van der Waals surface area contributed by atoms with Crippen LogP contribution in [0.4, 0.5) is 4.39 Å². The Kier molecular flexibility index (Phi) is 2.25. The number of halogens is 1. The molecule has 0 fully saturated rings. The second-order valence-electron chi connectivity index (χ2n) is 4.23. The van der Waals surface area contributed by atoms with Crippen molar-refractivity contribution < 1.29 is 4.39 Å². The summed E-state index contributed by atoms with van der Waals surface area (Å²) in [4.78, 5) is 0. The highest BCUT2D eigenvalue weighted by Crippen LogP contribution is 2.27. The lowest BCUT2D eigenvalue weighted by atomic mass is 10.0. The first kappa shape index (κ1) is 10.1. The van der Waals surface area contributed by atoms with E-state index in [0.717, 1.165) is 16.6 Å². The first-order valence-electron chi connectivity index (χ1n) is 5.14. The van der Waals surface area contributed by atoms with Crippen LogP contribution in [0.5, 0.6) is 0 Å². The lowest BCUT2D eigenvalue weighted by Crippen LogP contribution is -1.94. The van der Waals surface area contributed by atoms with E-state index in [-0.39, 0.29) is 5.82 Å². The maximum atomic E-state index is 13.4. The van der Waals surface area contributed by atoms with Gasteiger partial charge in [-0.15, -0.1) is 0 Å². The fourth-order valence-corrected chi connectivity index (χ4v) is 1.99. The Balaban J connectivity index is 2.86. The van der Waals surface area contributed by atoms with E-state index >= 15 is 0 Å². The number of fused-ring (bicyclic) bond motifs is 1. The molecular weight excluding hydrogens is 191 g/mol. The normalized spacial score (nSPS) is 11.6. The van der Waals surface area contributed by atoms with Crippen LogP contribution < -0.4 is 0 Å². The van der Waals surface area contributed by atoms with Crippen molar-refractivity contribution in [3.63, 3.8) is 0 Å². The molecule has 0 radical (unpaired) electrons. The molecule has 1 heterocycles. The minimum absolute atomic E-state index is 0.166. The molecule has 0 atom stereocenters. The summed E-state index contributed by atoms with van der Waals surface area (Å²) < 4.78 is 15.2. The van der Waals surface area contributed by atoms with Gasteiger partial charge in [0.2, 0.25) is 0 Å². The van der Waals surface area contributed by atoms with E-state index < -0.39 is 0 Å². The van der Waals surface area contributed by atoms with E-state index in [2.05, 4.69) is 18.9 Å². The Labute approximate surface area is 88.7 Å². The number of benzene rings is 1. The molecule has 0 aliphatic heterocycles. The molecule has 1 aromatic heterocycles. The highest BCUT2D eigenvalue weighted by Gasteiger charge is 2.14. The van der Waals surface area contributed by atoms with Crippen LogP contribution in [0.2, 0.25) is 0 Å². The second-order valence-corrected chi connectivity index (χ2v) is 4.23. The van der Waals surface area contributed by atoms with Crippen molar-refractivity contribution in [2.24, 2.45) is 7.05 Å².